The number of rotatable bonds is 2. The monoisotopic (exact) mass is 270 g/mol. The van der Waals surface area contributed by atoms with Crippen LogP contribution in [-0.2, 0) is 0 Å². The van der Waals surface area contributed by atoms with Crippen LogP contribution in [0.15, 0.2) is 29.8 Å². The van der Waals surface area contributed by atoms with Crippen LogP contribution in [0.25, 0.3) is 0 Å². The highest BCUT2D eigenvalue weighted by Gasteiger charge is 1.97. The molecule has 1 aromatic carbocycles. The molecule has 0 heterocycles. The summed E-state index contributed by atoms with van der Waals surface area (Å²) in [4.78, 5) is 0. The molecule has 102 valence electrons. The fraction of sp³-hybridized carbons (Fsp3) is 0.357. The Hall–Kier alpha value is -1.32. The van der Waals surface area contributed by atoms with E-state index in [0.29, 0.717) is 5.71 Å². The van der Waals surface area contributed by atoms with E-state index in [1.165, 1.54) is 11.6 Å². The van der Waals surface area contributed by atoms with Crippen molar-refractivity contribution in [3.63, 3.8) is 0 Å². The molecule has 1 rings (SSSR count). The quantitative estimate of drug-likeness (QED) is 0.566. The molecule has 0 radical (unpaired) electrons. The molecule has 0 unspecified atom stereocenters. The van der Waals surface area contributed by atoms with Gasteiger partial charge in [0.1, 0.15) is 0 Å². The van der Waals surface area contributed by atoms with E-state index in [0.717, 1.165) is 16.8 Å². The van der Waals surface area contributed by atoms with Gasteiger partial charge in [0.15, 0.2) is 0 Å². The van der Waals surface area contributed by atoms with Crippen molar-refractivity contribution < 1.29 is 5.11 Å². The molecule has 0 aromatic heterocycles. The van der Waals surface area contributed by atoms with Crippen LogP contribution in [0, 0.1) is 12.3 Å². The number of aryl methyl sites for hydroxylation is 1. The number of nitrogen functional groups attached to an aromatic ring is 1. The Bertz CT molecular complexity index is 376. The number of anilines is 1. The Kier molecular flexibility index (Phi) is 12.8. The van der Waals surface area contributed by atoms with Crippen LogP contribution in [0.5, 0.6) is 0 Å². The normalized spacial score (nSPS) is 9.00. The first-order valence-electron chi connectivity index (χ1n) is 5.80. The lowest BCUT2D eigenvalue weighted by Crippen LogP contribution is -1.95. The highest BCUT2D eigenvalue weighted by atomic mass is 35.5. The van der Waals surface area contributed by atoms with Gasteiger partial charge in [0.05, 0.1) is 6.61 Å². The number of hydrogen-bond acceptors (Lipinski definition) is 3. The van der Waals surface area contributed by atoms with E-state index >= 15 is 0 Å². The minimum atomic E-state index is 0.0312. The molecule has 0 amide bonds. The van der Waals surface area contributed by atoms with Gasteiger partial charge in [0, 0.05) is 16.9 Å². The van der Waals surface area contributed by atoms with Crippen molar-refractivity contribution in [1.29, 1.82) is 5.41 Å². The summed E-state index contributed by atoms with van der Waals surface area (Å²) in [7, 11) is 0. The van der Waals surface area contributed by atoms with Gasteiger partial charge in [-0.25, -0.2) is 0 Å². The SMILES string of the molecule is CC.CC(=N)c1ccc(N)c(C)c1.OC/C=C/Cl. The van der Waals surface area contributed by atoms with Gasteiger partial charge in [-0.3, -0.25) is 0 Å². The van der Waals surface area contributed by atoms with E-state index in [1.807, 2.05) is 39.0 Å². The van der Waals surface area contributed by atoms with E-state index in [-0.39, 0.29) is 6.61 Å². The van der Waals surface area contributed by atoms with Gasteiger partial charge in [0.2, 0.25) is 0 Å². The number of aliphatic hydroxyl groups excluding tert-OH is 1. The summed E-state index contributed by atoms with van der Waals surface area (Å²) >= 11 is 4.96. The average molecular weight is 271 g/mol. The molecule has 0 aliphatic heterocycles. The van der Waals surface area contributed by atoms with E-state index in [1.54, 1.807) is 6.92 Å². The fourth-order valence-electron chi connectivity index (χ4n) is 0.949. The summed E-state index contributed by atoms with van der Waals surface area (Å²) in [6.45, 7) is 7.75. The van der Waals surface area contributed by atoms with Crippen LogP contribution in [0.4, 0.5) is 5.69 Å². The smallest absolute Gasteiger partial charge is 0.0623 e. The molecule has 0 fully saturated rings. The predicted octanol–water partition coefficient (Wildman–Crippen LogP) is 3.72. The molecule has 4 N–H and O–H groups in total. The number of aliphatic hydroxyl groups is 1. The van der Waals surface area contributed by atoms with Crippen LogP contribution in [-0.4, -0.2) is 17.4 Å². The molecular formula is C14H23ClN2O. The highest BCUT2D eigenvalue weighted by molar-refractivity contribution is 6.25. The average Bonchev–Trinajstić information content (AvgIpc) is 2.37. The number of nitrogens with one attached hydrogen (secondary N) is 1. The molecule has 0 bridgehead atoms. The molecule has 4 heteroatoms. The molecule has 0 atom stereocenters. The molecule has 3 nitrogen and oxygen atoms in total. The molecule has 18 heavy (non-hydrogen) atoms. The molecule has 0 saturated carbocycles. The first-order chi connectivity index (χ1) is 8.52. The Balaban J connectivity index is 0. The summed E-state index contributed by atoms with van der Waals surface area (Å²) in [5, 5.41) is 15.3. The third-order valence-corrected chi connectivity index (χ3v) is 2.08. The molecule has 0 aliphatic carbocycles. The van der Waals surface area contributed by atoms with E-state index < -0.39 is 0 Å². The van der Waals surface area contributed by atoms with Crippen molar-refractivity contribution in [2.24, 2.45) is 0 Å². The van der Waals surface area contributed by atoms with Gasteiger partial charge in [-0.2, -0.15) is 0 Å². The van der Waals surface area contributed by atoms with Crippen LogP contribution in [0.3, 0.4) is 0 Å². The van der Waals surface area contributed by atoms with Crippen LogP contribution < -0.4 is 5.73 Å². The Labute approximate surface area is 115 Å². The Morgan fingerprint density at radius 2 is 2.00 bits per heavy atom. The molecular weight excluding hydrogens is 248 g/mol. The standard InChI is InChI=1S/C9H12N2.C3H5ClO.C2H6/c1-6-5-8(7(2)10)3-4-9(6)11;4-2-1-3-5;1-2/h3-5,10H,11H2,1-2H3;1-2,5H,3H2;1-2H3/b;2-1+;. The predicted molar refractivity (Wildman–Crippen MR) is 81.5 cm³/mol. The first-order valence-corrected chi connectivity index (χ1v) is 6.24. The zero-order chi connectivity index (χ0) is 14.6. The highest BCUT2D eigenvalue weighted by Crippen LogP contribution is 2.12. The molecule has 0 aliphatic rings. The van der Waals surface area contributed by atoms with Gasteiger partial charge < -0.3 is 16.2 Å². The number of halogens is 1. The van der Waals surface area contributed by atoms with Gasteiger partial charge in [-0.15, -0.1) is 0 Å². The van der Waals surface area contributed by atoms with Crippen molar-refractivity contribution in [1.82, 2.24) is 0 Å². The van der Waals surface area contributed by atoms with E-state index in [4.69, 9.17) is 27.9 Å². The molecule has 0 spiro atoms. The summed E-state index contributed by atoms with van der Waals surface area (Å²) < 4.78 is 0. The van der Waals surface area contributed by atoms with Crippen molar-refractivity contribution in [3.05, 3.63) is 40.9 Å². The molecule has 0 saturated heterocycles. The van der Waals surface area contributed by atoms with Gasteiger partial charge in [-0.05, 0) is 43.2 Å². The molecule has 1 aromatic rings. The van der Waals surface area contributed by atoms with Crippen molar-refractivity contribution in [2.75, 3.05) is 12.3 Å². The fourth-order valence-corrected chi connectivity index (χ4v) is 1.03. The summed E-state index contributed by atoms with van der Waals surface area (Å²) in [5.41, 5.74) is 10.2. The minimum absolute atomic E-state index is 0.0312. The van der Waals surface area contributed by atoms with Gasteiger partial charge >= 0.3 is 0 Å². The van der Waals surface area contributed by atoms with Gasteiger partial charge in [0.25, 0.3) is 0 Å². The third kappa shape index (κ3) is 8.79. The maximum absolute atomic E-state index is 7.90. The summed E-state index contributed by atoms with van der Waals surface area (Å²) in [6, 6.07) is 5.63. The number of hydrogen-bond donors (Lipinski definition) is 3. The number of benzene rings is 1. The van der Waals surface area contributed by atoms with Crippen LogP contribution >= 0.6 is 11.6 Å². The minimum Gasteiger partial charge on any atom is -0.399 e. The summed E-state index contributed by atoms with van der Waals surface area (Å²) in [6.07, 6.45) is 1.45. The van der Waals surface area contributed by atoms with E-state index in [2.05, 4.69) is 0 Å². The topological polar surface area (TPSA) is 70.1 Å². The Morgan fingerprint density at radius 3 is 2.28 bits per heavy atom. The maximum Gasteiger partial charge on any atom is 0.0623 e. The third-order valence-electron chi connectivity index (χ3n) is 1.90. The van der Waals surface area contributed by atoms with Crippen molar-refractivity contribution >= 4 is 23.0 Å². The largest absolute Gasteiger partial charge is 0.399 e. The second-order valence-electron chi connectivity index (χ2n) is 3.24. The first kappa shape index (κ1) is 19.0. The van der Waals surface area contributed by atoms with Crippen LogP contribution in [0.2, 0.25) is 0 Å². The van der Waals surface area contributed by atoms with Crippen molar-refractivity contribution in [3.8, 4) is 0 Å². The zero-order valence-corrected chi connectivity index (χ0v) is 12.3. The van der Waals surface area contributed by atoms with Crippen LogP contribution in [0.1, 0.15) is 31.9 Å². The maximum atomic E-state index is 7.90. The lowest BCUT2D eigenvalue weighted by molar-refractivity contribution is 0.343. The Morgan fingerprint density at radius 1 is 1.44 bits per heavy atom. The number of nitrogens with two attached hydrogens (primary N) is 1. The van der Waals surface area contributed by atoms with Gasteiger partial charge in [-0.1, -0.05) is 31.5 Å². The lowest BCUT2D eigenvalue weighted by atomic mass is 10.1. The summed E-state index contributed by atoms with van der Waals surface area (Å²) in [5.74, 6) is 0. The van der Waals surface area contributed by atoms with E-state index in [9.17, 15) is 0 Å². The lowest BCUT2D eigenvalue weighted by Gasteiger charge is -2.02. The zero-order valence-electron chi connectivity index (χ0n) is 11.5. The second-order valence-corrected chi connectivity index (χ2v) is 3.49. The van der Waals surface area contributed by atoms with Crippen molar-refractivity contribution in [2.45, 2.75) is 27.7 Å². The second kappa shape index (κ2) is 12.1.